The van der Waals surface area contributed by atoms with Crippen molar-refractivity contribution in [3.05, 3.63) is 130 Å². The van der Waals surface area contributed by atoms with E-state index in [1.165, 1.54) is 12.1 Å². The van der Waals surface area contributed by atoms with E-state index in [2.05, 4.69) is 15.9 Å². The number of carbonyl (C=O) groups is 1. The summed E-state index contributed by atoms with van der Waals surface area (Å²) in [6, 6.07) is 31.4. The molecule has 0 saturated heterocycles. The van der Waals surface area contributed by atoms with Crippen LogP contribution in [0.3, 0.4) is 0 Å². The maximum Gasteiger partial charge on any atom is 0.584 e. The van der Waals surface area contributed by atoms with Crippen molar-refractivity contribution in [2.24, 2.45) is 0 Å². The van der Waals surface area contributed by atoms with E-state index in [1.807, 2.05) is 60.7 Å². The van der Waals surface area contributed by atoms with Gasteiger partial charge in [-0.1, -0.05) is 76.6 Å². The summed E-state index contributed by atoms with van der Waals surface area (Å²) in [6.45, 7) is 0. The van der Waals surface area contributed by atoms with E-state index >= 15 is 0 Å². The van der Waals surface area contributed by atoms with Gasteiger partial charge in [-0.2, -0.15) is 0 Å². The molecule has 4 rings (SSSR count). The van der Waals surface area contributed by atoms with E-state index in [0.717, 1.165) is 15.6 Å². The Kier molecular flexibility index (Phi) is 7.43. The fraction of sp³-hybridized carbons (Fsp3) is 0. The third-order valence-corrected chi connectivity index (χ3v) is 6.22. The Labute approximate surface area is 206 Å². The second-order valence-corrected chi connectivity index (χ2v) is 9.51. The molecule has 1 atom stereocenters. The minimum absolute atomic E-state index is 0.107. The highest BCUT2D eigenvalue weighted by atomic mass is 79.9. The molecule has 5 nitrogen and oxygen atoms in total. The third kappa shape index (κ3) is 6.33. The molecule has 4 aromatic rings. The van der Waals surface area contributed by atoms with Crippen LogP contribution in [-0.4, -0.2) is 10.7 Å². The summed E-state index contributed by atoms with van der Waals surface area (Å²) in [4.78, 5) is 23.5. The van der Waals surface area contributed by atoms with Crippen molar-refractivity contribution in [3.8, 4) is 11.5 Å². The molecule has 0 radical (unpaired) electrons. The lowest BCUT2D eigenvalue weighted by atomic mass is 9.95. The molecule has 34 heavy (non-hydrogen) atoms. The molecule has 0 spiro atoms. The molecule has 0 aliphatic carbocycles. The van der Waals surface area contributed by atoms with Gasteiger partial charge in [-0.3, -0.25) is 9.69 Å². The Balaban J connectivity index is 1.57. The summed E-state index contributed by atoms with van der Waals surface area (Å²) < 4.78 is 23.5. The van der Waals surface area contributed by atoms with Gasteiger partial charge in [-0.05, 0) is 65.7 Å². The van der Waals surface area contributed by atoms with Gasteiger partial charge in [0.1, 0.15) is 11.5 Å². The van der Waals surface area contributed by atoms with Gasteiger partial charge in [-0.15, -0.1) is 0 Å². The van der Waals surface area contributed by atoms with Gasteiger partial charge in [-0.25, -0.2) is 4.57 Å². The summed E-state index contributed by atoms with van der Waals surface area (Å²) >= 11 is 3.42. The lowest BCUT2D eigenvalue weighted by Gasteiger charge is -2.14. The van der Waals surface area contributed by atoms with Crippen LogP contribution in [-0.2, 0) is 4.57 Å². The number of hydrogen-bond acceptors (Lipinski definition) is 4. The number of phosphoric acid groups is 1. The predicted octanol–water partition coefficient (Wildman–Crippen LogP) is 7.43. The van der Waals surface area contributed by atoms with Crippen LogP contribution in [0.15, 0.2) is 114 Å². The predicted molar refractivity (Wildman–Crippen MR) is 137 cm³/mol. The van der Waals surface area contributed by atoms with Crippen molar-refractivity contribution in [2.75, 3.05) is 0 Å². The molecule has 0 bridgehead atoms. The molecule has 1 N–H and O–H groups in total. The van der Waals surface area contributed by atoms with Gasteiger partial charge in [0.2, 0.25) is 0 Å². The molecular formula is C27H20BrO5P. The molecule has 0 saturated carbocycles. The van der Waals surface area contributed by atoms with Crippen LogP contribution in [0.4, 0.5) is 0 Å². The van der Waals surface area contributed by atoms with Crippen LogP contribution in [0, 0.1) is 0 Å². The van der Waals surface area contributed by atoms with Gasteiger partial charge in [0, 0.05) is 15.6 Å². The van der Waals surface area contributed by atoms with Crippen molar-refractivity contribution in [1.82, 2.24) is 0 Å². The van der Waals surface area contributed by atoms with E-state index < -0.39 is 7.82 Å². The summed E-state index contributed by atoms with van der Waals surface area (Å²) in [6.07, 6.45) is 1.84. The summed E-state index contributed by atoms with van der Waals surface area (Å²) in [5.74, 6) is 0.131. The first kappa shape index (κ1) is 23.7. The number of para-hydroxylation sites is 1. The molecular weight excluding hydrogens is 515 g/mol. The number of hydrogen-bond donors (Lipinski definition) is 1. The number of ketones is 1. The first-order valence-corrected chi connectivity index (χ1v) is 12.6. The zero-order chi connectivity index (χ0) is 24.0. The topological polar surface area (TPSA) is 72.8 Å². The largest absolute Gasteiger partial charge is 0.584 e. The van der Waals surface area contributed by atoms with Gasteiger partial charge in [0.25, 0.3) is 0 Å². The Morgan fingerprint density at radius 3 is 1.79 bits per heavy atom. The van der Waals surface area contributed by atoms with Crippen molar-refractivity contribution >= 4 is 41.2 Å². The number of halogens is 1. The number of carbonyl (C=O) groups excluding carboxylic acids is 1. The van der Waals surface area contributed by atoms with Crippen LogP contribution >= 0.6 is 23.8 Å². The van der Waals surface area contributed by atoms with Crippen LogP contribution in [0.2, 0.25) is 0 Å². The van der Waals surface area contributed by atoms with Gasteiger partial charge in [0.15, 0.2) is 5.78 Å². The van der Waals surface area contributed by atoms with Crippen LogP contribution < -0.4 is 9.05 Å². The molecule has 4 aromatic carbocycles. The van der Waals surface area contributed by atoms with Crippen molar-refractivity contribution in [1.29, 1.82) is 0 Å². The summed E-state index contributed by atoms with van der Waals surface area (Å²) in [7, 11) is -4.39. The van der Waals surface area contributed by atoms with Crippen molar-refractivity contribution < 1.29 is 23.3 Å². The quantitative estimate of drug-likeness (QED) is 0.110. The van der Waals surface area contributed by atoms with E-state index in [-0.39, 0.29) is 17.3 Å². The van der Waals surface area contributed by atoms with E-state index in [0.29, 0.717) is 11.1 Å². The smallest absolute Gasteiger partial charge is 0.395 e. The second kappa shape index (κ2) is 10.7. The summed E-state index contributed by atoms with van der Waals surface area (Å²) in [5.41, 5.74) is 2.60. The molecule has 0 fully saturated rings. The van der Waals surface area contributed by atoms with Crippen LogP contribution in [0.1, 0.15) is 21.5 Å². The second-order valence-electron chi connectivity index (χ2n) is 7.29. The van der Waals surface area contributed by atoms with E-state index in [4.69, 9.17) is 9.05 Å². The minimum atomic E-state index is -4.39. The van der Waals surface area contributed by atoms with E-state index in [1.54, 1.807) is 42.5 Å². The maximum atomic E-state index is 13.4. The average Bonchev–Trinajstić information content (AvgIpc) is 2.84. The first-order chi connectivity index (χ1) is 16.4. The first-order valence-electron chi connectivity index (χ1n) is 10.3. The van der Waals surface area contributed by atoms with Gasteiger partial charge >= 0.3 is 7.82 Å². The number of benzene rings is 4. The van der Waals surface area contributed by atoms with Gasteiger partial charge in [0.05, 0.1) is 0 Å². The molecule has 0 aromatic heterocycles. The molecule has 0 aliphatic heterocycles. The van der Waals surface area contributed by atoms with Crippen LogP contribution in [0.25, 0.3) is 11.6 Å². The molecule has 7 heteroatoms. The molecule has 170 valence electrons. The number of phosphoric ester groups is 1. The van der Waals surface area contributed by atoms with E-state index in [9.17, 15) is 14.3 Å². The zero-order valence-electron chi connectivity index (χ0n) is 17.9. The molecule has 0 heterocycles. The Hall–Kier alpha value is -3.44. The normalized spacial score (nSPS) is 13.1. The zero-order valence-corrected chi connectivity index (χ0v) is 20.4. The fourth-order valence-electron chi connectivity index (χ4n) is 3.21. The Morgan fingerprint density at radius 1 is 0.706 bits per heavy atom. The summed E-state index contributed by atoms with van der Waals surface area (Å²) in [5, 5.41) is 0. The molecule has 0 amide bonds. The maximum absolute atomic E-state index is 13.4. The Morgan fingerprint density at radius 2 is 1.21 bits per heavy atom. The number of Topliss-reactive ketones (excluding diaryl/α,β-unsaturated/α-hetero) is 1. The van der Waals surface area contributed by atoms with Crippen LogP contribution in [0.5, 0.6) is 11.5 Å². The van der Waals surface area contributed by atoms with Crippen molar-refractivity contribution in [2.45, 2.75) is 0 Å². The minimum Gasteiger partial charge on any atom is -0.395 e. The lowest BCUT2D eigenvalue weighted by molar-refractivity contribution is 0.105. The highest BCUT2D eigenvalue weighted by Gasteiger charge is 2.25. The Bertz CT molecular complexity index is 1340. The fourth-order valence-corrected chi connectivity index (χ4v) is 4.29. The monoisotopic (exact) mass is 534 g/mol. The lowest BCUT2D eigenvalue weighted by Crippen LogP contribution is -2.04. The highest BCUT2D eigenvalue weighted by molar-refractivity contribution is 9.10. The SMILES string of the molecule is O=C(C(=Cc1ccccc1)c1ccc(Br)cc1)c1ccc(OP(=O)(O)Oc2ccccc2)cc1. The number of allylic oxidation sites excluding steroid dienone is 1. The third-order valence-electron chi connectivity index (χ3n) is 4.81. The molecule has 0 aliphatic rings. The molecule has 1 unspecified atom stereocenters. The van der Waals surface area contributed by atoms with Gasteiger partial charge < -0.3 is 9.05 Å². The number of rotatable bonds is 8. The standard InChI is InChI=1S/C27H20BrO5P/c28-23-15-11-21(12-16-23)26(19-20-7-3-1-4-8-20)27(29)22-13-17-25(18-14-22)33-34(30,31)32-24-9-5-2-6-10-24/h1-19H,(H,30,31). The van der Waals surface area contributed by atoms with Crippen molar-refractivity contribution in [3.63, 3.8) is 0 Å². The highest BCUT2D eigenvalue weighted by Crippen LogP contribution is 2.44. The average molecular weight is 535 g/mol.